The summed E-state index contributed by atoms with van der Waals surface area (Å²) in [6, 6.07) is 0. The lowest BCUT2D eigenvalue weighted by molar-refractivity contribution is 0.0941. The van der Waals surface area contributed by atoms with Crippen molar-refractivity contribution in [3.05, 3.63) is 16.1 Å². The zero-order valence-corrected chi connectivity index (χ0v) is 9.44. The van der Waals surface area contributed by atoms with Crippen LogP contribution in [-0.2, 0) is 0 Å². The molecule has 0 saturated heterocycles. The summed E-state index contributed by atoms with van der Waals surface area (Å²) < 4.78 is 0. The standard InChI is InChI=1S/C9H15N3OS/c1-6-12-7(4-14-6)8(13)11-5-9(2,3)10/h4H,5,10H2,1-3H3,(H,11,13). The molecule has 1 aromatic heterocycles. The molecular weight excluding hydrogens is 198 g/mol. The van der Waals surface area contributed by atoms with E-state index in [1.807, 2.05) is 20.8 Å². The van der Waals surface area contributed by atoms with Gasteiger partial charge in [-0.25, -0.2) is 4.98 Å². The number of carbonyl (C=O) groups is 1. The molecule has 0 aliphatic carbocycles. The summed E-state index contributed by atoms with van der Waals surface area (Å²) in [5.74, 6) is -0.159. The Morgan fingerprint density at radius 1 is 1.71 bits per heavy atom. The van der Waals surface area contributed by atoms with Gasteiger partial charge in [0.05, 0.1) is 5.01 Å². The fourth-order valence-electron chi connectivity index (χ4n) is 0.866. The van der Waals surface area contributed by atoms with Crippen LogP contribution in [0.5, 0.6) is 0 Å². The van der Waals surface area contributed by atoms with E-state index in [-0.39, 0.29) is 11.4 Å². The lowest BCUT2D eigenvalue weighted by Crippen LogP contribution is -2.45. The topological polar surface area (TPSA) is 68.0 Å². The highest BCUT2D eigenvalue weighted by molar-refractivity contribution is 7.09. The number of nitrogens with two attached hydrogens (primary N) is 1. The maximum atomic E-state index is 11.5. The van der Waals surface area contributed by atoms with E-state index >= 15 is 0 Å². The van der Waals surface area contributed by atoms with Crippen molar-refractivity contribution in [2.45, 2.75) is 26.3 Å². The minimum atomic E-state index is -0.388. The van der Waals surface area contributed by atoms with Crippen molar-refractivity contribution in [3.63, 3.8) is 0 Å². The molecule has 1 amide bonds. The molecule has 1 rings (SSSR count). The first kappa shape index (κ1) is 11.1. The van der Waals surface area contributed by atoms with Gasteiger partial charge in [-0.05, 0) is 20.8 Å². The van der Waals surface area contributed by atoms with Crippen LogP contribution in [0.4, 0.5) is 0 Å². The zero-order chi connectivity index (χ0) is 10.8. The van der Waals surface area contributed by atoms with E-state index < -0.39 is 0 Å². The fourth-order valence-corrected chi connectivity index (χ4v) is 1.46. The molecule has 14 heavy (non-hydrogen) atoms. The molecule has 0 aromatic carbocycles. The summed E-state index contributed by atoms with van der Waals surface area (Å²) in [5.41, 5.74) is 5.82. The molecule has 0 aliphatic heterocycles. The number of hydrogen-bond donors (Lipinski definition) is 2. The van der Waals surface area contributed by atoms with Crippen molar-refractivity contribution < 1.29 is 4.79 Å². The first-order valence-corrected chi connectivity index (χ1v) is 5.26. The third kappa shape index (κ3) is 3.43. The van der Waals surface area contributed by atoms with E-state index in [1.165, 1.54) is 11.3 Å². The van der Waals surface area contributed by atoms with Gasteiger partial charge in [-0.2, -0.15) is 0 Å². The van der Waals surface area contributed by atoms with Crippen LogP contribution in [-0.4, -0.2) is 23.0 Å². The predicted molar refractivity (Wildman–Crippen MR) is 57.5 cm³/mol. The molecule has 0 aliphatic rings. The van der Waals surface area contributed by atoms with Gasteiger partial charge in [0.25, 0.3) is 5.91 Å². The number of aryl methyl sites for hydroxylation is 1. The van der Waals surface area contributed by atoms with Crippen LogP contribution < -0.4 is 11.1 Å². The van der Waals surface area contributed by atoms with Gasteiger partial charge in [0, 0.05) is 17.5 Å². The third-order valence-corrected chi connectivity index (χ3v) is 2.33. The highest BCUT2D eigenvalue weighted by Crippen LogP contribution is 2.07. The molecular formula is C9H15N3OS. The van der Waals surface area contributed by atoms with E-state index in [0.717, 1.165) is 5.01 Å². The molecule has 0 bridgehead atoms. The lowest BCUT2D eigenvalue weighted by Gasteiger charge is -2.18. The van der Waals surface area contributed by atoms with Crippen LogP contribution in [0.1, 0.15) is 29.3 Å². The van der Waals surface area contributed by atoms with E-state index in [2.05, 4.69) is 10.3 Å². The summed E-state index contributed by atoms with van der Waals surface area (Å²) >= 11 is 1.46. The number of hydrogen-bond acceptors (Lipinski definition) is 4. The van der Waals surface area contributed by atoms with E-state index in [4.69, 9.17) is 5.73 Å². The number of thiazole rings is 1. The van der Waals surface area contributed by atoms with E-state index in [1.54, 1.807) is 5.38 Å². The third-order valence-electron chi connectivity index (χ3n) is 1.56. The second-order valence-electron chi connectivity index (χ2n) is 3.92. The van der Waals surface area contributed by atoms with Gasteiger partial charge >= 0.3 is 0 Å². The van der Waals surface area contributed by atoms with Crippen molar-refractivity contribution in [2.24, 2.45) is 5.73 Å². The molecule has 0 spiro atoms. The van der Waals surface area contributed by atoms with Crippen molar-refractivity contribution in [2.75, 3.05) is 6.54 Å². The minimum absolute atomic E-state index is 0.159. The summed E-state index contributed by atoms with van der Waals surface area (Å²) in [4.78, 5) is 15.6. The molecule has 4 nitrogen and oxygen atoms in total. The van der Waals surface area contributed by atoms with Crippen molar-refractivity contribution >= 4 is 17.2 Å². The second kappa shape index (κ2) is 4.06. The Hall–Kier alpha value is -0.940. The smallest absolute Gasteiger partial charge is 0.270 e. The Morgan fingerprint density at radius 2 is 2.36 bits per heavy atom. The summed E-state index contributed by atoms with van der Waals surface area (Å²) in [6.45, 7) is 6.04. The Morgan fingerprint density at radius 3 is 2.79 bits per heavy atom. The number of rotatable bonds is 3. The average molecular weight is 213 g/mol. The zero-order valence-electron chi connectivity index (χ0n) is 8.63. The van der Waals surface area contributed by atoms with Crippen LogP contribution in [0.25, 0.3) is 0 Å². The van der Waals surface area contributed by atoms with Gasteiger partial charge in [0.2, 0.25) is 0 Å². The van der Waals surface area contributed by atoms with Crippen molar-refractivity contribution in [1.29, 1.82) is 0 Å². The lowest BCUT2D eigenvalue weighted by atomic mass is 10.1. The number of nitrogens with zero attached hydrogens (tertiary/aromatic N) is 1. The summed E-state index contributed by atoms with van der Waals surface area (Å²) in [5, 5.41) is 5.37. The van der Waals surface area contributed by atoms with Gasteiger partial charge in [-0.1, -0.05) is 0 Å². The van der Waals surface area contributed by atoms with Gasteiger partial charge < -0.3 is 11.1 Å². The molecule has 0 atom stereocenters. The maximum absolute atomic E-state index is 11.5. The summed E-state index contributed by atoms with van der Waals surface area (Å²) in [7, 11) is 0. The number of nitrogens with one attached hydrogen (secondary N) is 1. The largest absolute Gasteiger partial charge is 0.349 e. The Bertz CT molecular complexity index is 327. The van der Waals surface area contributed by atoms with Crippen LogP contribution in [0.3, 0.4) is 0 Å². The molecule has 5 heteroatoms. The van der Waals surface area contributed by atoms with Crippen molar-refractivity contribution in [1.82, 2.24) is 10.3 Å². The number of carbonyl (C=O) groups excluding carboxylic acids is 1. The second-order valence-corrected chi connectivity index (χ2v) is 4.99. The number of aromatic nitrogens is 1. The fraction of sp³-hybridized carbons (Fsp3) is 0.556. The molecule has 3 N–H and O–H groups in total. The Kier molecular flexibility index (Phi) is 3.23. The SMILES string of the molecule is Cc1nc(C(=O)NCC(C)(C)N)cs1. The van der Waals surface area contributed by atoms with Crippen LogP contribution >= 0.6 is 11.3 Å². The molecule has 1 aromatic rings. The Balaban J connectivity index is 2.52. The van der Waals surface area contributed by atoms with E-state index in [9.17, 15) is 4.79 Å². The van der Waals surface area contributed by atoms with Crippen LogP contribution in [0.2, 0.25) is 0 Å². The highest BCUT2D eigenvalue weighted by atomic mass is 32.1. The molecule has 1 heterocycles. The predicted octanol–water partition coefficient (Wildman–Crippen LogP) is 0.919. The van der Waals surface area contributed by atoms with Crippen LogP contribution in [0, 0.1) is 6.92 Å². The first-order chi connectivity index (χ1) is 6.38. The van der Waals surface area contributed by atoms with Crippen LogP contribution in [0.15, 0.2) is 5.38 Å². The molecule has 78 valence electrons. The molecule has 0 fully saturated rings. The van der Waals surface area contributed by atoms with Gasteiger partial charge in [0.1, 0.15) is 5.69 Å². The van der Waals surface area contributed by atoms with Gasteiger partial charge in [-0.15, -0.1) is 11.3 Å². The van der Waals surface area contributed by atoms with Crippen molar-refractivity contribution in [3.8, 4) is 0 Å². The summed E-state index contributed by atoms with van der Waals surface area (Å²) in [6.07, 6.45) is 0. The van der Waals surface area contributed by atoms with Gasteiger partial charge in [-0.3, -0.25) is 4.79 Å². The van der Waals surface area contributed by atoms with E-state index in [0.29, 0.717) is 12.2 Å². The average Bonchev–Trinajstić information content (AvgIpc) is 2.46. The maximum Gasteiger partial charge on any atom is 0.270 e. The van der Waals surface area contributed by atoms with Gasteiger partial charge in [0.15, 0.2) is 0 Å². The highest BCUT2D eigenvalue weighted by Gasteiger charge is 2.14. The molecule has 0 unspecified atom stereocenters. The molecule has 0 saturated carbocycles. The first-order valence-electron chi connectivity index (χ1n) is 4.38. The quantitative estimate of drug-likeness (QED) is 0.784. The molecule has 0 radical (unpaired) electrons. The Labute approximate surface area is 87.5 Å². The normalized spacial score (nSPS) is 11.4. The number of amides is 1. The monoisotopic (exact) mass is 213 g/mol. The minimum Gasteiger partial charge on any atom is -0.349 e.